The number of anilines is 1. The third kappa shape index (κ3) is 5.06. The van der Waals surface area contributed by atoms with Crippen LogP contribution in [0.5, 0.6) is 11.5 Å². The van der Waals surface area contributed by atoms with Crippen molar-refractivity contribution in [2.45, 2.75) is 13.5 Å². The second-order valence-corrected chi connectivity index (χ2v) is 7.27. The number of benzene rings is 2. The Bertz CT molecular complexity index is 911. The zero-order valence-electron chi connectivity index (χ0n) is 14.4. The quantitative estimate of drug-likeness (QED) is 0.410. The summed E-state index contributed by atoms with van der Waals surface area (Å²) in [5, 5.41) is 6.96. The fourth-order valence-corrected chi connectivity index (χ4v) is 3.33. The molecular formula is C19H18BrN3O2S. The molecule has 0 unspecified atom stereocenters. The van der Waals surface area contributed by atoms with E-state index >= 15 is 0 Å². The maximum atomic E-state index is 5.94. The molecule has 7 heteroatoms. The smallest absolute Gasteiger partial charge is 0.203 e. The van der Waals surface area contributed by atoms with Crippen molar-refractivity contribution < 1.29 is 9.47 Å². The molecule has 0 aliphatic carbocycles. The lowest BCUT2D eigenvalue weighted by Gasteiger charge is -2.11. The Morgan fingerprint density at radius 3 is 2.85 bits per heavy atom. The average molecular weight is 432 g/mol. The van der Waals surface area contributed by atoms with Crippen molar-refractivity contribution >= 4 is 38.6 Å². The first kappa shape index (κ1) is 18.4. The number of ether oxygens (including phenoxy) is 2. The molecule has 1 N–H and O–H groups in total. The topological polar surface area (TPSA) is 55.7 Å². The highest BCUT2D eigenvalue weighted by Crippen LogP contribution is 2.28. The number of aromatic nitrogens is 1. The third-order valence-corrected chi connectivity index (χ3v) is 4.82. The van der Waals surface area contributed by atoms with E-state index in [0.29, 0.717) is 18.1 Å². The van der Waals surface area contributed by atoms with E-state index in [2.05, 4.69) is 31.4 Å². The first-order valence-electron chi connectivity index (χ1n) is 7.90. The zero-order chi connectivity index (χ0) is 18.4. The number of nitrogens with one attached hydrogen (secondary N) is 1. The minimum Gasteiger partial charge on any atom is -0.493 e. The molecule has 0 saturated carbocycles. The van der Waals surface area contributed by atoms with Crippen LogP contribution in [0.2, 0.25) is 0 Å². The number of halogens is 1. The maximum Gasteiger partial charge on any atom is 0.203 e. The number of hydrogen-bond donors (Lipinski definition) is 1. The van der Waals surface area contributed by atoms with Crippen LogP contribution in [0.15, 0.2) is 57.4 Å². The van der Waals surface area contributed by atoms with Gasteiger partial charge in [0, 0.05) is 9.85 Å². The van der Waals surface area contributed by atoms with Crippen molar-refractivity contribution in [3.63, 3.8) is 0 Å². The lowest BCUT2D eigenvalue weighted by Crippen LogP contribution is -1.99. The Morgan fingerprint density at radius 1 is 1.23 bits per heavy atom. The van der Waals surface area contributed by atoms with Gasteiger partial charge in [0.2, 0.25) is 5.13 Å². The summed E-state index contributed by atoms with van der Waals surface area (Å²) >= 11 is 4.98. The second kappa shape index (κ2) is 8.82. The number of hydrogen-bond acceptors (Lipinski definition) is 6. The molecule has 0 radical (unpaired) electrons. The summed E-state index contributed by atoms with van der Waals surface area (Å²) in [5.41, 5.74) is 5.87. The summed E-state index contributed by atoms with van der Waals surface area (Å²) in [4.78, 5) is 4.30. The van der Waals surface area contributed by atoms with Gasteiger partial charge in [-0.05, 0) is 48.4 Å². The molecule has 0 bridgehead atoms. The van der Waals surface area contributed by atoms with E-state index in [4.69, 9.17) is 9.47 Å². The highest BCUT2D eigenvalue weighted by Gasteiger charge is 2.06. The molecule has 5 nitrogen and oxygen atoms in total. The molecule has 3 aromatic rings. The number of rotatable bonds is 7. The lowest BCUT2D eigenvalue weighted by atomic mass is 10.2. The van der Waals surface area contributed by atoms with E-state index in [1.54, 1.807) is 13.3 Å². The van der Waals surface area contributed by atoms with E-state index in [1.807, 2.05) is 54.8 Å². The zero-order valence-corrected chi connectivity index (χ0v) is 16.8. The Morgan fingerprint density at radius 2 is 2.12 bits per heavy atom. The number of methoxy groups -OCH3 is 1. The average Bonchev–Trinajstić information content (AvgIpc) is 3.05. The van der Waals surface area contributed by atoms with Gasteiger partial charge in [-0.15, -0.1) is 11.3 Å². The number of thiazole rings is 1. The summed E-state index contributed by atoms with van der Waals surface area (Å²) in [6, 6.07) is 13.7. The van der Waals surface area contributed by atoms with Crippen molar-refractivity contribution in [2.75, 3.05) is 12.5 Å². The minimum absolute atomic E-state index is 0.451. The fraction of sp³-hybridized carbons (Fsp3) is 0.158. The molecule has 26 heavy (non-hydrogen) atoms. The summed E-state index contributed by atoms with van der Waals surface area (Å²) in [5.74, 6) is 1.35. The van der Waals surface area contributed by atoms with Gasteiger partial charge in [-0.3, -0.25) is 5.43 Å². The van der Waals surface area contributed by atoms with E-state index in [0.717, 1.165) is 26.4 Å². The number of hydrazone groups is 1. The summed E-state index contributed by atoms with van der Waals surface area (Å²) < 4.78 is 12.3. The van der Waals surface area contributed by atoms with Gasteiger partial charge in [-0.25, -0.2) is 4.98 Å². The molecular weight excluding hydrogens is 414 g/mol. The first-order valence-corrected chi connectivity index (χ1v) is 9.58. The molecule has 0 amide bonds. The largest absolute Gasteiger partial charge is 0.493 e. The van der Waals surface area contributed by atoms with Crippen LogP contribution in [-0.4, -0.2) is 18.3 Å². The molecule has 0 aliphatic heterocycles. The lowest BCUT2D eigenvalue weighted by molar-refractivity contribution is 0.284. The van der Waals surface area contributed by atoms with Gasteiger partial charge < -0.3 is 9.47 Å². The van der Waals surface area contributed by atoms with Crippen molar-refractivity contribution in [3.8, 4) is 11.5 Å². The van der Waals surface area contributed by atoms with E-state index < -0.39 is 0 Å². The molecule has 0 saturated heterocycles. The number of nitrogens with zero attached hydrogens (tertiary/aromatic N) is 2. The van der Waals surface area contributed by atoms with Crippen LogP contribution in [0.3, 0.4) is 0 Å². The third-order valence-electron chi connectivity index (χ3n) is 3.46. The maximum absolute atomic E-state index is 5.94. The molecule has 1 heterocycles. The SMILES string of the molecule is COc1ccc(C=NNc2nc(C)cs2)cc1OCc1cccc(Br)c1. The predicted octanol–water partition coefficient (Wildman–Crippen LogP) is 5.25. The van der Waals surface area contributed by atoms with Gasteiger partial charge in [0.05, 0.1) is 19.0 Å². The molecule has 3 rings (SSSR count). The van der Waals surface area contributed by atoms with Crippen LogP contribution in [0.1, 0.15) is 16.8 Å². The van der Waals surface area contributed by atoms with Gasteiger partial charge in [0.25, 0.3) is 0 Å². The standard InChI is InChI=1S/C19H18BrN3O2S/c1-13-12-26-19(22-13)23-21-10-14-6-7-17(24-2)18(9-14)25-11-15-4-3-5-16(20)8-15/h3-10,12H,11H2,1-2H3,(H,22,23). The van der Waals surface area contributed by atoms with Crippen molar-refractivity contribution in [1.29, 1.82) is 0 Å². The van der Waals surface area contributed by atoms with Crippen LogP contribution < -0.4 is 14.9 Å². The van der Waals surface area contributed by atoms with Gasteiger partial charge in [-0.1, -0.05) is 28.1 Å². The van der Waals surface area contributed by atoms with Crippen LogP contribution in [0, 0.1) is 6.92 Å². The van der Waals surface area contributed by atoms with Gasteiger partial charge >= 0.3 is 0 Å². The Balaban J connectivity index is 1.69. The summed E-state index contributed by atoms with van der Waals surface area (Å²) in [6.07, 6.45) is 1.72. The van der Waals surface area contributed by atoms with E-state index in [9.17, 15) is 0 Å². The molecule has 0 aliphatic rings. The highest BCUT2D eigenvalue weighted by atomic mass is 79.9. The van der Waals surface area contributed by atoms with Crippen molar-refractivity contribution in [3.05, 3.63) is 69.1 Å². The number of aryl methyl sites for hydroxylation is 1. The Labute approximate surface area is 164 Å². The van der Waals surface area contributed by atoms with Crippen LogP contribution in [0.4, 0.5) is 5.13 Å². The minimum atomic E-state index is 0.451. The van der Waals surface area contributed by atoms with Crippen LogP contribution >= 0.6 is 27.3 Å². The fourth-order valence-electron chi connectivity index (χ4n) is 2.24. The summed E-state index contributed by atoms with van der Waals surface area (Å²) in [7, 11) is 1.63. The van der Waals surface area contributed by atoms with Gasteiger partial charge in [0.1, 0.15) is 6.61 Å². The molecule has 134 valence electrons. The van der Waals surface area contributed by atoms with Crippen molar-refractivity contribution in [1.82, 2.24) is 4.98 Å². The molecule has 0 atom stereocenters. The molecule has 0 fully saturated rings. The first-order chi connectivity index (χ1) is 12.6. The predicted molar refractivity (Wildman–Crippen MR) is 110 cm³/mol. The normalized spacial score (nSPS) is 10.9. The Hall–Kier alpha value is -2.38. The van der Waals surface area contributed by atoms with Crippen molar-refractivity contribution in [2.24, 2.45) is 5.10 Å². The summed E-state index contributed by atoms with van der Waals surface area (Å²) in [6.45, 7) is 2.40. The molecule has 0 spiro atoms. The van der Waals surface area contributed by atoms with Gasteiger partial charge in [0.15, 0.2) is 11.5 Å². The molecule has 2 aromatic carbocycles. The highest BCUT2D eigenvalue weighted by molar-refractivity contribution is 9.10. The Kier molecular flexibility index (Phi) is 6.25. The van der Waals surface area contributed by atoms with Crippen LogP contribution in [-0.2, 0) is 6.61 Å². The second-order valence-electron chi connectivity index (χ2n) is 5.49. The molecule has 1 aromatic heterocycles. The van der Waals surface area contributed by atoms with E-state index in [-0.39, 0.29) is 0 Å². The van der Waals surface area contributed by atoms with Crippen LogP contribution in [0.25, 0.3) is 0 Å². The monoisotopic (exact) mass is 431 g/mol. The van der Waals surface area contributed by atoms with E-state index in [1.165, 1.54) is 11.3 Å². The van der Waals surface area contributed by atoms with Gasteiger partial charge in [-0.2, -0.15) is 5.10 Å².